The summed E-state index contributed by atoms with van der Waals surface area (Å²) in [4.78, 5) is 38.1. The Labute approximate surface area is 456 Å². The first kappa shape index (κ1) is 71.2. The third kappa shape index (κ3) is 60.9. The lowest BCUT2D eigenvalue weighted by Crippen LogP contribution is -2.30. The van der Waals surface area contributed by atoms with E-state index >= 15 is 0 Å². The van der Waals surface area contributed by atoms with Crippen molar-refractivity contribution >= 4 is 17.9 Å². The van der Waals surface area contributed by atoms with E-state index in [1.807, 2.05) is 0 Å². The molecule has 0 radical (unpaired) electrons. The van der Waals surface area contributed by atoms with E-state index < -0.39 is 6.10 Å². The van der Waals surface area contributed by atoms with Gasteiger partial charge in [-0.15, -0.1) is 0 Å². The second-order valence-electron chi connectivity index (χ2n) is 22.7. The van der Waals surface area contributed by atoms with Crippen LogP contribution in [0.4, 0.5) is 0 Å². The predicted molar refractivity (Wildman–Crippen MR) is 317 cm³/mol. The molecule has 0 amide bonds. The Morgan fingerprint density at radius 3 is 0.685 bits per heavy atom. The largest absolute Gasteiger partial charge is 0.462 e. The Morgan fingerprint density at radius 2 is 0.452 bits per heavy atom. The third-order valence-corrected chi connectivity index (χ3v) is 15.3. The molecule has 1 atom stereocenters. The average molecular weight is 1030 g/mol. The Kier molecular flexibility index (Phi) is 61.1. The first-order chi connectivity index (χ1) is 36.0. The third-order valence-electron chi connectivity index (χ3n) is 15.3. The molecule has 0 aromatic heterocycles. The van der Waals surface area contributed by atoms with Crippen LogP contribution in [0.5, 0.6) is 0 Å². The van der Waals surface area contributed by atoms with Crippen LogP contribution in [0.15, 0.2) is 12.2 Å². The van der Waals surface area contributed by atoms with Crippen LogP contribution in [-0.4, -0.2) is 37.2 Å². The number of carbonyl (C=O) groups is 3. The standard InChI is InChI=1S/C67H128O6/c1-4-7-10-13-16-18-20-22-24-26-28-29-30-31-32-33-34-35-36-37-38-39-41-42-44-46-48-51-54-57-60-66(69)72-63-64(62-71-65(68)59-56-53-50-15-12-9-6-3)73-67(70)61-58-55-52-49-47-45-43-40-27-25-23-21-19-17-14-11-8-5-2/h25,27,64H,4-24,26,28-63H2,1-3H3/b27-25-. The van der Waals surface area contributed by atoms with Gasteiger partial charge >= 0.3 is 17.9 Å². The SMILES string of the molecule is CCCCCCCCC/C=C\CCCCCCCCCC(=O)OC(COC(=O)CCCCCCCCC)COC(=O)CCCCCCCCCCCCCCCCCCCCCCCCCCCCCCCC. The fourth-order valence-electron chi connectivity index (χ4n) is 10.3. The van der Waals surface area contributed by atoms with Crippen LogP contribution in [-0.2, 0) is 28.6 Å². The molecule has 0 aliphatic carbocycles. The van der Waals surface area contributed by atoms with Crippen LogP contribution >= 0.6 is 0 Å². The van der Waals surface area contributed by atoms with Gasteiger partial charge in [-0.1, -0.05) is 328 Å². The molecule has 0 fully saturated rings. The Balaban J connectivity index is 3.98. The van der Waals surface area contributed by atoms with Gasteiger partial charge < -0.3 is 14.2 Å². The van der Waals surface area contributed by atoms with Gasteiger partial charge in [-0.25, -0.2) is 0 Å². The van der Waals surface area contributed by atoms with E-state index in [9.17, 15) is 14.4 Å². The Hall–Kier alpha value is -1.85. The zero-order valence-electron chi connectivity index (χ0n) is 49.7. The molecule has 0 bridgehead atoms. The quantitative estimate of drug-likeness (QED) is 0.0261. The second kappa shape index (κ2) is 62.7. The molecule has 432 valence electrons. The van der Waals surface area contributed by atoms with Crippen molar-refractivity contribution in [3.8, 4) is 0 Å². The normalized spacial score (nSPS) is 12.0. The van der Waals surface area contributed by atoms with Gasteiger partial charge in [0, 0.05) is 19.3 Å². The smallest absolute Gasteiger partial charge is 0.306 e. The molecular formula is C67H128O6. The topological polar surface area (TPSA) is 78.9 Å². The minimum Gasteiger partial charge on any atom is -0.462 e. The van der Waals surface area contributed by atoms with Crippen molar-refractivity contribution < 1.29 is 28.6 Å². The van der Waals surface area contributed by atoms with Crippen LogP contribution in [0.2, 0.25) is 0 Å². The maximum absolute atomic E-state index is 12.8. The van der Waals surface area contributed by atoms with E-state index in [4.69, 9.17) is 14.2 Å². The van der Waals surface area contributed by atoms with Crippen LogP contribution in [0, 0.1) is 0 Å². The summed E-state index contributed by atoms with van der Waals surface area (Å²) >= 11 is 0. The molecule has 0 aliphatic heterocycles. The fraction of sp³-hybridized carbons (Fsp3) is 0.925. The van der Waals surface area contributed by atoms with Crippen LogP contribution in [0.1, 0.15) is 380 Å². The molecule has 0 rings (SSSR count). The average Bonchev–Trinajstić information content (AvgIpc) is 3.39. The molecule has 0 heterocycles. The van der Waals surface area contributed by atoms with E-state index in [0.717, 1.165) is 57.8 Å². The van der Waals surface area contributed by atoms with Gasteiger partial charge in [0.25, 0.3) is 0 Å². The monoisotopic (exact) mass is 1030 g/mol. The molecule has 1 unspecified atom stereocenters. The molecule has 0 saturated carbocycles. The lowest BCUT2D eigenvalue weighted by Gasteiger charge is -2.18. The van der Waals surface area contributed by atoms with Gasteiger partial charge in [0.1, 0.15) is 13.2 Å². The molecule has 0 spiro atoms. The van der Waals surface area contributed by atoms with Gasteiger partial charge in [0.05, 0.1) is 0 Å². The zero-order chi connectivity index (χ0) is 52.9. The van der Waals surface area contributed by atoms with Gasteiger partial charge in [-0.2, -0.15) is 0 Å². The molecule has 0 aromatic carbocycles. The molecule has 0 saturated heterocycles. The highest BCUT2D eigenvalue weighted by Crippen LogP contribution is 2.18. The number of allylic oxidation sites excluding steroid dienone is 2. The number of esters is 3. The molecular weight excluding hydrogens is 901 g/mol. The lowest BCUT2D eigenvalue weighted by molar-refractivity contribution is -0.167. The number of ether oxygens (including phenoxy) is 3. The Bertz CT molecular complexity index is 1130. The summed E-state index contributed by atoms with van der Waals surface area (Å²) in [6, 6.07) is 0. The van der Waals surface area contributed by atoms with Gasteiger partial charge in [-0.3, -0.25) is 14.4 Å². The maximum atomic E-state index is 12.8. The highest BCUT2D eigenvalue weighted by molar-refractivity contribution is 5.71. The zero-order valence-corrected chi connectivity index (χ0v) is 49.7. The van der Waals surface area contributed by atoms with Crippen LogP contribution in [0.25, 0.3) is 0 Å². The van der Waals surface area contributed by atoms with Crippen molar-refractivity contribution in [3.63, 3.8) is 0 Å². The van der Waals surface area contributed by atoms with Crippen molar-refractivity contribution in [1.82, 2.24) is 0 Å². The van der Waals surface area contributed by atoms with Crippen LogP contribution < -0.4 is 0 Å². The molecule has 73 heavy (non-hydrogen) atoms. The van der Waals surface area contributed by atoms with E-state index in [1.54, 1.807) is 0 Å². The summed E-state index contributed by atoms with van der Waals surface area (Å²) < 4.78 is 16.8. The van der Waals surface area contributed by atoms with Crippen LogP contribution in [0.3, 0.4) is 0 Å². The van der Waals surface area contributed by atoms with Crippen molar-refractivity contribution in [2.75, 3.05) is 13.2 Å². The molecule has 6 heteroatoms. The first-order valence-electron chi connectivity index (χ1n) is 33.2. The summed E-state index contributed by atoms with van der Waals surface area (Å²) in [5, 5.41) is 0. The van der Waals surface area contributed by atoms with E-state index in [1.165, 1.54) is 283 Å². The van der Waals surface area contributed by atoms with Crippen molar-refractivity contribution in [1.29, 1.82) is 0 Å². The summed E-state index contributed by atoms with van der Waals surface area (Å²) in [7, 11) is 0. The van der Waals surface area contributed by atoms with E-state index in [-0.39, 0.29) is 31.1 Å². The van der Waals surface area contributed by atoms with E-state index in [2.05, 4.69) is 32.9 Å². The molecule has 0 N–H and O–H groups in total. The maximum Gasteiger partial charge on any atom is 0.306 e. The highest BCUT2D eigenvalue weighted by Gasteiger charge is 2.19. The number of unbranched alkanes of at least 4 members (excludes halogenated alkanes) is 49. The molecule has 6 nitrogen and oxygen atoms in total. The first-order valence-corrected chi connectivity index (χ1v) is 33.2. The number of hydrogen-bond donors (Lipinski definition) is 0. The van der Waals surface area contributed by atoms with Gasteiger partial charge in [0.15, 0.2) is 6.10 Å². The van der Waals surface area contributed by atoms with Crippen molar-refractivity contribution in [2.45, 2.75) is 386 Å². The molecule has 0 aliphatic rings. The Morgan fingerprint density at radius 1 is 0.260 bits per heavy atom. The second-order valence-corrected chi connectivity index (χ2v) is 22.7. The van der Waals surface area contributed by atoms with Crippen molar-refractivity contribution in [2.24, 2.45) is 0 Å². The summed E-state index contributed by atoms with van der Waals surface area (Å²) in [6.45, 7) is 6.66. The van der Waals surface area contributed by atoms with Crippen molar-refractivity contribution in [3.05, 3.63) is 12.2 Å². The van der Waals surface area contributed by atoms with Gasteiger partial charge in [-0.05, 0) is 44.9 Å². The number of hydrogen-bond acceptors (Lipinski definition) is 6. The minimum atomic E-state index is -0.766. The highest BCUT2D eigenvalue weighted by atomic mass is 16.6. The number of rotatable bonds is 62. The van der Waals surface area contributed by atoms with E-state index in [0.29, 0.717) is 19.3 Å². The minimum absolute atomic E-state index is 0.0663. The van der Waals surface area contributed by atoms with Gasteiger partial charge in [0.2, 0.25) is 0 Å². The number of carbonyl (C=O) groups excluding carboxylic acids is 3. The molecule has 0 aromatic rings. The summed E-state index contributed by atoms with van der Waals surface area (Å²) in [5.41, 5.74) is 0. The lowest BCUT2D eigenvalue weighted by atomic mass is 10.0. The fourth-order valence-corrected chi connectivity index (χ4v) is 10.3. The predicted octanol–water partition coefficient (Wildman–Crippen LogP) is 22.4. The summed E-state index contributed by atoms with van der Waals surface area (Å²) in [5.74, 6) is -0.852. The summed E-state index contributed by atoms with van der Waals surface area (Å²) in [6.07, 6.45) is 74.1.